The zero-order valence-corrected chi connectivity index (χ0v) is 14.2. The van der Waals surface area contributed by atoms with Crippen molar-refractivity contribution in [3.63, 3.8) is 0 Å². The average molecular weight is 368 g/mol. The molecular formula is C13H20BrClN2OS. The topological polar surface area (TPSA) is 32.3 Å². The van der Waals surface area contributed by atoms with Gasteiger partial charge in [-0.1, -0.05) is 0 Å². The van der Waals surface area contributed by atoms with E-state index >= 15 is 0 Å². The van der Waals surface area contributed by atoms with Gasteiger partial charge in [0.05, 0.1) is 6.54 Å². The van der Waals surface area contributed by atoms with Crippen LogP contribution in [0.5, 0.6) is 0 Å². The fourth-order valence-corrected chi connectivity index (χ4v) is 3.75. The Hall–Kier alpha value is -0.100. The summed E-state index contributed by atoms with van der Waals surface area (Å²) >= 11 is 5.12. The summed E-state index contributed by atoms with van der Waals surface area (Å²) in [5.74, 6) is 0.244. The fourth-order valence-electron chi connectivity index (χ4n) is 2.25. The van der Waals surface area contributed by atoms with Crippen LogP contribution in [0.15, 0.2) is 15.9 Å². The Morgan fingerprint density at radius 2 is 2.42 bits per heavy atom. The van der Waals surface area contributed by atoms with Crippen molar-refractivity contribution in [2.45, 2.75) is 38.3 Å². The molecule has 108 valence electrons. The van der Waals surface area contributed by atoms with Gasteiger partial charge in [-0.25, -0.2) is 0 Å². The Bertz CT molecular complexity index is 407. The van der Waals surface area contributed by atoms with Crippen molar-refractivity contribution in [3.05, 3.63) is 20.8 Å². The lowest BCUT2D eigenvalue weighted by atomic mass is 10.1. The third-order valence-corrected chi connectivity index (χ3v) is 4.99. The van der Waals surface area contributed by atoms with E-state index in [1.807, 2.05) is 11.9 Å². The summed E-state index contributed by atoms with van der Waals surface area (Å²) in [6.07, 6.45) is 4.09. The van der Waals surface area contributed by atoms with Gasteiger partial charge in [-0.3, -0.25) is 4.79 Å². The number of carbonyl (C=O) groups excluding carboxylic acids is 1. The molecule has 0 radical (unpaired) electrons. The molecule has 19 heavy (non-hydrogen) atoms. The molecule has 0 spiro atoms. The monoisotopic (exact) mass is 366 g/mol. The van der Waals surface area contributed by atoms with Crippen LogP contribution >= 0.6 is 39.7 Å². The molecule has 0 aromatic carbocycles. The lowest BCUT2D eigenvalue weighted by molar-refractivity contribution is -0.130. The van der Waals surface area contributed by atoms with E-state index in [9.17, 15) is 4.79 Å². The largest absolute Gasteiger partial charge is 0.341 e. The highest BCUT2D eigenvalue weighted by Crippen LogP contribution is 2.21. The molecule has 1 unspecified atom stereocenters. The number of carbonyl (C=O) groups is 1. The van der Waals surface area contributed by atoms with Gasteiger partial charge in [0.1, 0.15) is 0 Å². The van der Waals surface area contributed by atoms with E-state index in [0.717, 1.165) is 17.4 Å². The highest BCUT2D eigenvalue weighted by molar-refractivity contribution is 9.10. The van der Waals surface area contributed by atoms with E-state index in [2.05, 4.69) is 32.7 Å². The highest BCUT2D eigenvalue weighted by atomic mass is 79.9. The molecule has 1 aliphatic rings. The van der Waals surface area contributed by atoms with Crippen molar-refractivity contribution in [1.29, 1.82) is 0 Å². The summed E-state index contributed by atoms with van der Waals surface area (Å²) in [6.45, 7) is 1.82. The number of hydrogen-bond donors (Lipinski definition) is 1. The molecule has 1 fully saturated rings. The van der Waals surface area contributed by atoms with Gasteiger partial charge in [0, 0.05) is 34.2 Å². The second-order valence-corrected chi connectivity index (χ2v) is 6.72. The van der Waals surface area contributed by atoms with Gasteiger partial charge in [-0.05, 0) is 47.8 Å². The second kappa shape index (κ2) is 8.25. The molecule has 1 aliphatic heterocycles. The summed E-state index contributed by atoms with van der Waals surface area (Å²) in [5, 5.41) is 5.48. The predicted molar refractivity (Wildman–Crippen MR) is 86.0 cm³/mol. The maximum atomic E-state index is 12.0. The standard InChI is InChI=1S/C13H19BrN2OS.ClH/c1-16(8-12-7-10(14)9-18-12)13(17)5-4-11-3-2-6-15-11;/h7,9,11,15H,2-6,8H2,1H3;1H. The minimum absolute atomic E-state index is 0. The number of nitrogens with one attached hydrogen (secondary N) is 1. The molecule has 1 aromatic heterocycles. The van der Waals surface area contributed by atoms with E-state index < -0.39 is 0 Å². The zero-order valence-electron chi connectivity index (χ0n) is 11.0. The van der Waals surface area contributed by atoms with Crippen molar-refractivity contribution in [2.75, 3.05) is 13.6 Å². The van der Waals surface area contributed by atoms with Gasteiger partial charge in [0.25, 0.3) is 0 Å². The van der Waals surface area contributed by atoms with E-state index in [1.165, 1.54) is 17.7 Å². The van der Waals surface area contributed by atoms with Crippen LogP contribution in [0, 0.1) is 0 Å². The summed E-state index contributed by atoms with van der Waals surface area (Å²) < 4.78 is 1.10. The van der Waals surface area contributed by atoms with Crippen molar-refractivity contribution in [2.24, 2.45) is 0 Å². The third-order valence-electron chi connectivity index (χ3n) is 3.31. The SMILES string of the molecule is CN(Cc1cc(Br)cs1)C(=O)CCC1CCCN1.Cl. The first-order chi connectivity index (χ1) is 8.65. The molecule has 0 aliphatic carbocycles. The number of hydrogen-bond acceptors (Lipinski definition) is 3. The van der Waals surface area contributed by atoms with E-state index in [1.54, 1.807) is 11.3 Å². The minimum Gasteiger partial charge on any atom is -0.341 e. The van der Waals surface area contributed by atoms with Gasteiger partial charge in [0.2, 0.25) is 5.91 Å². The van der Waals surface area contributed by atoms with Gasteiger partial charge < -0.3 is 10.2 Å². The second-order valence-electron chi connectivity index (χ2n) is 4.81. The molecule has 0 saturated carbocycles. The van der Waals surface area contributed by atoms with Crippen LogP contribution in [0.1, 0.15) is 30.6 Å². The molecule has 2 heterocycles. The van der Waals surface area contributed by atoms with Crippen molar-refractivity contribution < 1.29 is 4.79 Å². The van der Waals surface area contributed by atoms with Crippen LogP contribution in [0.3, 0.4) is 0 Å². The first-order valence-electron chi connectivity index (χ1n) is 6.35. The van der Waals surface area contributed by atoms with Crippen LogP contribution < -0.4 is 5.32 Å². The lowest BCUT2D eigenvalue weighted by Gasteiger charge is -2.17. The molecule has 0 bridgehead atoms. The van der Waals surface area contributed by atoms with E-state index in [4.69, 9.17) is 0 Å². The van der Waals surface area contributed by atoms with Crippen LogP contribution in [0.2, 0.25) is 0 Å². The van der Waals surface area contributed by atoms with Crippen molar-refractivity contribution >= 4 is 45.6 Å². The fraction of sp³-hybridized carbons (Fsp3) is 0.615. The smallest absolute Gasteiger partial charge is 0.222 e. The maximum absolute atomic E-state index is 12.0. The van der Waals surface area contributed by atoms with Crippen molar-refractivity contribution in [1.82, 2.24) is 10.2 Å². The Morgan fingerprint density at radius 1 is 1.63 bits per heavy atom. The Labute approximate surface area is 133 Å². The minimum atomic E-state index is 0. The summed E-state index contributed by atoms with van der Waals surface area (Å²) in [5.41, 5.74) is 0. The van der Waals surface area contributed by atoms with Crippen LogP contribution in [0.25, 0.3) is 0 Å². The molecule has 1 amide bonds. The van der Waals surface area contributed by atoms with E-state index in [0.29, 0.717) is 19.0 Å². The molecule has 1 N–H and O–H groups in total. The van der Waals surface area contributed by atoms with Gasteiger partial charge in [-0.2, -0.15) is 0 Å². The molecule has 1 atom stereocenters. The van der Waals surface area contributed by atoms with Gasteiger partial charge >= 0.3 is 0 Å². The highest BCUT2D eigenvalue weighted by Gasteiger charge is 2.17. The van der Waals surface area contributed by atoms with Crippen molar-refractivity contribution in [3.8, 4) is 0 Å². The Morgan fingerprint density at radius 3 is 3.00 bits per heavy atom. The first kappa shape index (κ1) is 17.0. The number of thiophene rings is 1. The Balaban J connectivity index is 0.00000180. The normalized spacial score (nSPS) is 18.1. The summed E-state index contributed by atoms with van der Waals surface area (Å²) in [6, 6.07) is 2.63. The van der Waals surface area contributed by atoms with Crippen LogP contribution in [-0.2, 0) is 11.3 Å². The molecule has 1 aromatic rings. The quantitative estimate of drug-likeness (QED) is 0.865. The number of nitrogens with zero attached hydrogens (tertiary/aromatic N) is 1. The molecule has 2 rings (SSSR count). The number of amides is 1. The third kappa shape index (κ3) is 5.42. The molecular weight excluding hydrogens is 348 g/mol. The summed E-state index contributed by atoms with van der Waals surface area (Å²) in [7, 11) is 1.89. The number of rotatable bonds is 5. The molecule has 1 saturated heterocycles. The molecule has 6 heteroatoms. The predicted octanol–water partition coefficient (Wildman–Crippen LogP) is 3.42. The van der Waals surface area contributed by atoms with Crippen LogP contribution in [-0.4, -0.2) is 30.4 Å². The Kier molecular flexibility index (Phi) is 7.36. The zero-order chi connectivity index (χ0) is 13.0. The maximum Gasteiger partial charge on any atom is 0.222 e. The molecule has 3 nitrogen and oxygen atoms in total. The average Bonchev–Trinajstić information content (AvgIpc) is 2.97. The van der Waals surface area contributed by atoms with Crippen LogP contribution in [0.4, 0.5) is 0 Å². The first-order valence-corrected chi connectivity index (χ1v) is 8.02. The van der Waals surface area contributed by atoms with Gasteiger partial charge in [0.15, 0.2) is 0 Å². The van der Waals surface area contributed by atoms with E-state index in [-0.39, 0.29) is 18.3 Å². The lowest BCUT2D eigenvalue weighted by Crippen LogP contribution is -2.28. The van der Waals surface area contributed by atoms with Gasteiger partial charge in [-0.15, -0.1) is 23.7 Å². The summed E-state index contributed by atoms with van der Waals surface area (Å²) in [4.78, 5) is 15.0. The number of halogens is 2.